The zero-order chi connectivity index (χ0) is 18.9. The van der Waals surface area contributed by atoms with Crippen molar-refractivity contribution in [3.8, 4) is 22.8 Å². The van der Waals surface area contributed by atoms with Gasteiger partial charge in [-0.3, -0.25) is 0 Å². The van der Waals surface area contributed by atoms with E-state index in [4.69, 9.17) is 0 Å². The van der Waals surface area contributed by atoms with E-state index in [1.165, 1.54) is 23.1 Å². The van der Waals surface area contributed by atoms with Crippen molar-refractivity contribution in [1.82, 2.24) is 14.8 Å². The Morgan fingerprint density at radius 3 is 2.38 bits per heavy atom. The Morgan fingerprint density at radius 2 is 1.77 bits per heavy atom. The molecule has 0 atom stereocenters. The van der Waals surface area contributed by atoms with Crippen molar-refractivity contribution in [3.05, 3.63) is 60.4 Å². The van der Waals surface area contributed by atoms with Gasteiger partial charge in [-0.1, -0.05) is 23.8 Å². The van der Waals surface area contributed by atoms with Gasteiger partial charge in [0.15, 0.2) is 5.82 Å². The number of halogens is 3. The third-order valence-corrected chi connectivity index (χ3v) is 4.34. The van der Waals surface area contributed by atoms with Crippen LogP contribution in [-0.2, 0) is 10.1 Å². The van der Waals surface area contributed by atoms with Crippen LogP contribution in [0.5, 0.6) is 5.75 Å². The van der Waals surface area contributed by atoms with Crippen LogP contribution in [0, 0.1) is 6.92 Å². The minimum Gasteiger partial charge on any atom is -0.376 e. The lowest BCUT2D eigenvalue weighted by Crippen LogP contribution is -2.28. The quantitative estimate of drug-likeness (QED) is 0.509. The average molecular weight is 383 g/mol. The minimum absolute atomic E-state index is 0.454. The van der Waals surface area contributed by atoms with Gasteiger partial charge in [-0.05, 0) is 37.3 Å². The fourth-order valence-corrected chi connectivity index (χ4v) is 2.59. The van der Waals surface area contributed by atoms with Crippen LogP contribution in [0.4, 0.5) is 13.2 Å². The third-order valence-electron chi connectivity index (χ3n) is 3.36. The Morgan fingerprint density at radius 1 is 1.08 bits per heavy atom. The summed E-state index contributed by atoms with van der Waals surface area (Å²) in [6, 6.07) is 12.5. The summed E-state index contributed by atoms with van der Waals surface area (Å²) < 4.78 is 64.4. The van der Waals surface area contributed by atoms with Crippen molar-refractivity contribution >= 4 is 10.1 Å². The lowest BCUT2D eigenvalue weighted by atomic mass is 10.1. The molecule has 3 rings (SSSR count). The summed E-state index contributed by atoms with van der Waals surface area (Å²) in [6.07, 6.45) is 1.44. The smallest absolute Gasteiger partial charge is 0.376 e. The SMILES string of the molecule is Cc1cccc(-c2ncn(-c3ccc(OS(=O)(=O)C(F)(F)F)cc3)n2)c1. The minimum atomic E-state index is -5.70. The molecule has 136 valence electrons. The van der Waals surface area contributed by atoms with Gasteiger partial charge in [0.2, 0.25) is 0 Å². The van der Waals surface area contributed by atoms with Crippen molar-refractivity contribution in [2.45, 2.75) is 12.4 Å². The highest BCUT2D eigenvalue weighted by atomic mass is 32.2. The molecule has 0 aliphatic heterocycles. The first-order chi connectivity index (χ1) is 12.2. The van der Waals surface area contributed by atoms with Crippen molar-refractivity contribution < 1.29 is 25.8 Å². The highest BCUT2D eigenvalue weighted by molar-refractivity contribution is 7.88. The molecule has 0 saturated heterocycles. The van der Waals surface area contributed by atoms with E-state index < -0.39 is 21.4 Å². The molecular formula is C16H12F3N3O3S. The monoisotopic (exact) mass is 383 g/mol. The van der Waals surface area contributed by atoms with E-state index in [1.807, 2.05) is 31.2 Å². The molecule has 0 unspecified atom stereocenters. The summed E-state index contributed by atoms with van der Waals surface area (Å²) in [5.74, 6) is 0.0266. The van der Waals surface area contributed by atoms with Gasteiger partial charge in [0.1, 0.15) is 12.1 Å². The molecule has 0 saturated carbocycles. The van der Waals surface area contributed by atoms with Crippen LogP contribution >= 0.6 is 0 Å². The maximum absolute atomic E-state index is 12.3. The number of rotatable bonds is 4. The molecule has 10 heteroatoms. The standard InChI is InChI=1S/C16H12F3N3O3S/c1-11-3-2-4-12(9-11)15-20-10-22(21-15)13-5-7-14(8-6-13)25-26(23,24)16(17,18)19/h2-10H,1H3. The van der Waals surface area contributed by atoms with Gasteiger partial charge in [0.05, 0.1) is 5.69 Å². The summed E-state index contributed by atoms with van der Waals surface area (Å²) >= 11 is 0. The summed E-state index contributed by atoms with van der Waals surface area (Å²) in [4.78, 5) is 4.19. The van der Waals surface area contributed by atoms with Crippen LogP contribution in [0.15, 0.2) is 54.9 Å². The molecule has 1 aromatic heterocycles. The van der Waals surface area contributed by atoms with Crippen LogP contribution in [0.1, 0.15) is 5.56 Å². The van der Waals surface area contributed by atoms with Crippen LogP contribution in [0.3, 0.4) is 0 Å². The van der Waals surface area contributed by atoms with Gasteiger partial charge in [0.25, 0.3) is 0 Å². The maximum atomic E-state index is 12.3. The van der Waals surface area contributed by atoms with E-state index >= 15 is 0 Å². The van der Waals surface area contributed by atoms with Crippen molar-refractivity contribution in [3.63, 3.8) is 0 Å². The van der Waals surface area contributed by atoms with Crippen LogP contribution in [0.25, 0.3) is 17.1 Å². The zero-order valence-corrected chi connectivity index (χ0v) is 14.1. The second kappa shape index (κ2) is 6.45. The van der Waals surface area contributed by atoms with E-state index in [2.05, 4.69) is 14.3 Å². The molecule has 0 spiro atoms. The molecule has 0 radical (unpaired) electrons. The summed E-state index contributed by atoms with van der Waals surface area (Å²) in [5.41, 5.74) is -3.14. The fourth-order valence-electron chi connectivity index (χ4n) is 2.13. The first kappa shape index (κ1) is 17.9. The zero-order valence-electron chi connectivity index (χ0n) is 13.3. The van der Waals surface area contributed by atoms with Crippen LogP contribution in [0.2, 0.25) is 0 Å². The molecule has 0 fully saturated rings. The number of benzene rings is 2. The molecule has 0 amide bonds. The lowest BCUT2D eigenvalue weighted by molar-refractivity contribution is -0.0500. The average Bonchev–Trinajstić information content (AvgIpc) is 3.04. The summed E-state index contributed by atoms with van der Waals surface area (Å²) in [5, 5.41) is 4.30. The number of nitrogens with zero attached hydrogens (tertiary/aromatic N) is 3. The second-order valence-electron chi connectivity index (χ2n) is 5.36. The number of alkyl halides is 3. The van der Waals surface area contributed by atoms with Gasteiger partial charge >= 0.3 is 15.6 Å². The first-order valence-electron chi connectivity index (χ1n) is 7.26. The number of hydrogen-bond acceptors (Lipinski definition) is 5. The van der Waals surface area contributed by atoms with Crippen molar-refractivity contribution in [2.24, 2.45) is 0 Å². The molecule has 2 aromatic carbocycles. The van der Waals surface area contributed by atoms with E-state index in [1.54, 1.807) is 0 Å². The molecule has 0 bridgehead atoms. The summed E-state index contributed by atoms with van der Waals surface area (Å²) in [6.45, 7) is 1.94. The predicted octanol–water partition coefficient (Wildman–Crippen LogP) is 3.47. The van der Waals surface area contributed by atoms with Gasteiger partial charge < -0.3 is 4.18 Å². The molecule has 0 aliphatic carbocycles. The van der Waals surface area contributed by atoms with E-state index in [0.29, 0.717) is 11.5 Å². The highest BCUT2D eigenvalue weighted by Crippen LogP contribution is 2.27. The number of aromatic nitrogens is 3. The molecule has 1 heterocycles. The number of aryl methyl sites for hydroxylation is 1. The predicted molar refractivity (Wildman–Crippen MR) is 87.1 cm³/mol. The van der Waals surface area contributed by atoms with Gasteiger partial charge in [-0.15, -0.1) is 5.10 Å². The Labute approximate surface area is 147 Å². The molecule has 26 heavy (non-hydrogen) atoms. The highest BCUT2D eigenvalue weighted by Gasteiger charge is 2.48. The largest absolute Gasteiger partial charge is 0.534 e. The van der Waals surface area contributed by atoms with Crippen molar-refractivity contribution in [2.75, 3.05) is 0 Å². The van der Waals surface area contributed by atoms with Gasteiger partial charge in [-0.25, -0.2) is 9.67 Å². The van der Waals surface area contributed by atoms with E-state index in [-0.39, 0.29) is 0 Å². The maximum Gasteiger partial charge on any atom is 0.534 e. The first-order valence-corrected chi connectivity index (χ1v) is 8.66. The molecule has 0 aliphatic rings. The van der Waals surface area contributed by atoms with Crippen LogP contribution < -0.4 is 4.18 Å². The Kier molecular flexibility index (Phi) is 4.45. The second-order valence-corrected chi connectivity index (χ2v) is 6.90. The van der Waals surface area contributed by atoms with Gasteiger partial charge in [0, 0.05) is 5.56 Å². The van der Waals surface area contributed by atoms with Crippen LogP contribution in [-0.4, -0.2) is 28.7 Å². The van der Waals surface area contributed by atoms with Gasteiger partial charge in [-0.2, -0.15) is 21.6 Å². The fraction of sp³-hybridized carbons (Fsp3) is 0.125. The Balaban J connectivity index is 1.82. The van der Waals surface area contributed by atoms with E-state index in [9.17, 15) is 21.6 Å². The number of hydrogen-bond donors (Lipinski definition) is 0. The third kappa shape index (κ3) is 3.69. The normalized spacial score (nSPS) is 12.2. The molecular weight excluding hydrogens is 371 g/mol. The topological polar surface area (TPSA) is 74.1 Å². The molecule has 3 aromatic rings. The summed E-state index contributed by atoms with van der Waals surface area (Å²) in [7, 11) is -5.70. The molecule has 6 nitrogen and oxygen atoms in total. The van der Waals surface area contributed by atoms with E-state index in [0.717, 1.165) is 23.3 Å². The lowest BCUT2D eigenvalue weighted by Gasteiger charge is -2.09. The van der Waals surface area contributed by atoms with Crippen molar-refractivity contribution in [1.29, 1.82) is 0 Å². The molecule has 0 N–H and O–H groups in total. The Hall–Kier alpha value is -2.88. The Bertz CT molecular complexity index is 1030.